The highest BCUT2D eigenvalue weighted by Gasteiger charge is 2.11. The Hall–Kier alpha value is -1.62. The highest BCUT2D eigenvalue weighted by molar-refractivity contribution is 5.75. The summed E-state index contributed by atoms with van der Waals surface area (Å²) >= 11 is 0. The minimum atomic E-state index is -0.326. The first-order valence-electron chi connectivity index (χ1n) is 6.39. The van der Waals surface area contributed by atoms with E-state index in [2.05, 4.69) is 0 Å². The SMILES string of the molecule is CC(C)N(CCCOc1ccc(F)cc1)CC(N)=O. The normalized spacial score (nSPS) is 11.0. The van der Waals surface area contributed by atoms with Gasteiger partial charge in [-0.2, -0.15) is 0 Å². The van der Waals surface area contributed by atoms with Crippen LogP contribution >= 0.6 is 0 Å². The highest BCUT2D eigenvalue weighted by Crippen LogP contribution is 2.11. The molecule has 0 unspecified atom stereocenters. The molecule has 106 valence electrons. The summed E-state index contributed by atoms with van der Waals surface area (Å²) in [6.45, 7) is 5.55. The number of primary amides is 1. The minimum Gasteiger partial charge on any atom is -0.494 e. The van der Waals surface area contributed by atoms with Gasteiger partial charge in [-0.25, -0.2) is 4.39 Å². The molecule has 1 rings (SSSR count). The average molecular weight is 268 g/mol. The number of hydrogen-bond donors (Lipinski definition) is 1. The molecule has 0 saturated heterocycles. The van der Waals surface area contributed by atoms with Gasteiger partial charge in [0.25, 0.3) is 0 Å². The summed E-state index contributed by atoms with van der Waals surface area (Å²) < 4.78 is 18.2. The number of nitrogens with two attached hydrogens (primary N) is 1. The van der Waals surface area contributed by atoms with E-state index >= 15 is 0 Å². The van der Waals surface area contributed by atoms with E-state index in [4.69, 9.17) is 10.5 Å². The molecule has 0 aliphatic heterocycles. The lowest BCUT2D eigenvalue weighted by Crippen LogP contribution is -2.39. The van der Waals surface area contributed by atoms with Gasteiger partial charge in [-0.1, -0.05) is 0 Å². The van der Waals surface area contributed by atoms with Crippen LogP contribution in [0.3, 0.4) is 0 Å². The molecule has 0 aromatic heterocycles. The number of carbonyl (C=O) groups excluding carboxylic acids is 1. The van der Waals surface area contributed by atoms with Crippen molar-refractivity contribution in [2.24, 2.45) is 5.73 Å². The molecule has 0 heterocycles. The first kappa shape index (κ1) is 15.4. The lowest BCUT2D eigenvalue weighted by molar-refractivity contribution is -0.119. The molecule has 2 N–H and O–H groups in total. The van der Waals surface area contributed by atoms with Gasteiger partial charge in [0.15, 0.2) is 0 Å². The Kier molecular flexibility index (Phi) is 6.29. The quantitative estimate of drug-likeness (QED) is 0.731. The first-order valence-corrected chi connectivity index (χ1v) is 6.39. The molecule has 0 bridgehead atoms. The van der Waals surface area contributed by atoms with Gasteiger partial charge in [0.1, 0.15) is 11.6 Å². The number of halogens is 1. The first-order chi connectivity index (χ1) is 8.99. The van der Waals surface area contributed by atoms with Gasteiger partial charge in [0, 0.05) is 12.6 Å². The number of carbonyl (C=O) groups is 1. The predicted octanol–water partition coefficient (Wildman–Crippen LogP) is 1.79. The molecule has 19 heavy (non-hydrogen) atoms. The molecule has 0 radical (unpaired) electrons. The van der Waals surface area contributed by atoms with Crippen LogP contribution in [0.1, 0.15) is 20.3 Å². The van der Waals surface area contributed by atoms with Crippen LogP contribution in [0.25, 0.3) is 0 Å². The van der Waals surface area contributed by atoms with Crippen molar-refractivity contribution >= 4 is 5.91 Å². The molecule has 4 nitrogen and oxygen atoms in total. The second-order valence-corrected chi connectivity index (χ2v) is 4.69. The van der Waals surface area contributed by atoms with Gasteiger partial charge >= 0.3 is 0 Å². The van der Waals surface area contributed by atoms with E-state index in [0.717, 1.165) is 13.0 Å². The molecule has 0 atom stereocenters. The summed E-state index contributed by atoms with van der Waals surface area (Å²) in [6.07, 6.45) is 0.781. The maximum Gasteiger partial charge on any atom is 0.231 e. The summed E-state index contributed by atoms with van der Waals surface area (Å²) in [5, 5.41) is 0. The van der Waals surface area contributed by atoms with Crippen molar-refractivity contribution in [3.63, 3.8) is 0 Å². The van der Waals surface area contributed by atoms with E-state index in [-0.39, 0.29) is 24.3 Å². The molecule has 0 fully saturated rings. The standard InChI is InChI=1S/C14H21FN2O2/c1-11(2)17(10-14(16)18)8-3-9-19-13-6-4-12(15)5-7-13/h4-7,11H,3,8-10H2,1-2H3,(H2,16,18). The van der Waals surface area contributed by atoms with Crippen molar-refractivity contribution < 1.29 is 13.9 Å². The number of rotatable bonds is 8. The van der Waals surface area contributed by atoms with E-state index in [1.165, 1.54) is 12.1 Å². The van der Waals surface area contributed by atoms with Gasteiger partial charge in [-0.3, -0.25) is 9.69 Å². The molecule has 0 aliphatic rings. The monoisotopic (exact) mass is 268 g/mol. The van der Waals surface area contributed by atoms with Crippen LogP contribution < -0.4 is 10.5 Å². The number of ether oxygens (including phenoxy) is 1. The van der Waals surface area contributed by atoms with E-state index in [0.29, 0.717) is 12.4 Å². The fourth-order valence-corrected chi connectivity index (χ4v) is 1.71. The van der Waals surface area contributed by atoms with Crippen LogP contribution in [0.15, 0.2) is 24.3 Å². The maximum absolute atomic E-state index is 12.7. The van der Waals surface area contributed by atoms with Crippen molar-refractivity contribution in [2.45, 2.75) is 26.3 Å². The Morgan fingerprint density at radius 3 is 2.53 bits per heavy atom. The van der Waals surface area contributed by atoms with Gasteiger partial charge in [-0.15, -0.1) is 0 Å². The van der Waals surface area contributed by atoms with Crippen LogP contribution in [0.5, 0.6) is 5.75 Å². The third-order valence-corrected chi connectivity index (χ3v) is 2.76. The fourth-order valence-electron chi connectivity index (χ4n) is 1.71. The Morgan fingerprint density at radius 1 is 1.37 bits per heavy atom. The third-order valence-electron chi connectivity index (χ3n) is 2.76. The van der Waals surface area contributed by atoms with Gasteiger partial charge in [0.05, 0.1) is 13.2 Å². The summed E-state index contributed by atoms with van der Waals surface area (Å²) in [4.78, 5) is 12.9. The topological polar surface area (TPSA) is 55.6 Å². The Bertz CT molecular complexity index is 393. The lowest BCUT2D eigenvalue weighted by atomic mass is 10.3. The van der Waals surface area contributed by atoms with Gasteiger partial charge < -0.3 is 10.5 Å². The van der Waals surface area contributed by atoms with Crippen LogP contribution in [-0.4, -0.2) is 36.5 Å². The van der Waals surface area contributed by atoms with Crippen LogP contribution in [0, 0.1) is 5.82 Å². The molecule has 0 spiro atoms. The van der Waals surface area contributed by atoms with Crippen molar-refractivity contribution in [1.29, 1.82) is 0 Å². The second-order valence-electron chi connectivity index (χ2n) is 4.69. The Balaban J connectivity index is 2.28. The van der Waals surface area contributed by atoms with Crippen LogP contribution in [-0.2, 0) is 4.79 Å². The summed E-state index contributed by atoms with van der Waals surface area (Å²) in [6, 6.07) is 6.18. The average Bonchev–Trinajstić information content (AvgIpc) is 2.34. The zero-order chi connectivity index (χ0) is 14.3. The Labute approximate surface area is 113 Å². The molecular formula is C14H21FN2O2. The minimum absolute atomic E-state index is 0.258. The summed E-state index contributed by atoms with van der Waals surface area (Å²) in [7, 11) is 0. The smallest absolute Gasteiger partial charge is 0.231 e. The number of hydrogen-bond acceptors (Lipinski definition) is 3. The largest absolute Gasteiger partial charge is 0.494 e. The van der Waals surface area contributed by atoms with E-state index in [9.17, 15) is 9.18 Å². The van der Waals surface area contributed by atoms with Crippen molar-refractivity contribution in [2.75, 3.05) is 19.7 Å². The van der Waals surface area contributed by atoms with Gasteiger partial charge in [0.2, 0.25) is 5.91 Å². The van der Waals surface area contributed by atoms with Crippen molar-refractivity contribution in [3.05, 3.63) is 30.1 Å². The zero-order valence-electron chi connectivity index (χ0n) is 11.4. The molecule has 1 amide bonds. The second kappa shape index (κ2) is 7.74. The molecular weight excluding hydrogens is 247 g/mol. The lowest BCUT2D eigenvalue weighted by Gasteiger charge is -2.24. The molecule has 1 aromatic carbocycles. The fraction of sp³-hybridized carbons (Fsp3) is 0.500. The van der Waals surface area contributed by atoms with E-state index in [1.54, 1.807) is 12.1 Å². The van der Waals surface area contributed by atoms with Gasteiger partial charge in [-0.05, 0) is 44.5 Å². The number of nitrogens with zero attached hydrogens (tertiary/aromatic N) is 1. The van der Waals surface area contributed by atoms with Crippen molar-refractivity contribution in [3.8, 4) is 5.75 Å². The molecule has 5 heteroatoms. The van der Waals surface area contributed by atoms with Crippen molar-refractivity contribution in [1.82, 2.24) is 4.90 Å². The molecule has 0 saturated carbocycles. The molecule has 0 aliphatic carbocycles. The van der Waals surface area contributed by atoms with E-state index < -0.39 is 0 Å². The van der Waals surface area contributed by atoms with Crippen LogP contribution in [0.2, 0.25) is 0 Å². The van der Waals surface area contributed by atoms with E-state index in [1.807, 2.05) is 18.7 Å². The summed E-state index contributed by atoms with van der Waals surface area (Å²) in [5.74, 6) is 0.0420. The number of benzene rings is 1. The maximum atomic E-state index is 12.7. The highest BCUT2D eigenvalue weighted by atomic mass is 19.1. The number of amides is 1. The third kappa shape index (κ3) is 6.20. The van der Waals surface area contributed by atoms with Crippen LogP contribution in [0.4, 0.5) is 4.39 Å². The summed E-state index contributed by atoms with van der Waals surface area (Å²) in [5.41, 5.74) is 5.19. The Morgan fingerprint density at radius 2 is 2.00 bits per heavy atom. The zero-order valence-corrected chi connectivity index (χ0v) is 11.4. The molecule has 1 aromatic rings. The predicted molar refractivity (Wildman–Crippen MR) is 72.4 cm³/mol.